The molecule has 0 atom stereocenters. The first-order chi connectivity index (χ1) is 12.9. The van der Waals surface area contributed by atoms with Crippen molar-refractivity contribution < 1.29 is 9.21 Å². The Morgan fingerprint density at radius 1 is 1.37 bits per heavy atom. The van der Waals surface area contributed by atoms with Gasteiger partial charge in [0.1, 0.15) is 5.76 Å². The number of fused-ring (bicyclic) bond motifs is 1. The third-order valence-electron chi connectivity index (χ3n) is 3.82. The Morgan fingerprint density at radius 3 is 2.89 bits per heavy atom. The summed E-state index contributed by atoms with van der Waals surface area (Å²) in [5, 5.41) is 4.29. The predicted molar refractivity (Wildman–Crippen MR) is 107 cm³/mol. The quantitative estimate of drug-likeness (QED) is 0.480. The van der Waals surface area contributed by atoms with E-state index in [-0.39, 0.29) is 23.8 Å². The second-order valence-corrected chi connectivity index (χ2v) is 7.89. The molecule has 142 valence electrons. The molecule has 1 N–H and O–H groups in total. The monoisotopic (exact) mass is 405 g/mol. The van der Waals surface area contributed by atoms with Crippen LogP contribution in [-0.2, 0) is 11.3 Å². The molecule has 0 saturated carbocycles. The zero-order chi connectivity index (χ0) is 19.4. The molecular formula is C19H20ClN3O3S. The van der Waals surface area contributed by atoms with Gasteiger partial charge in [0.05, 0.1) is 29.5 Å². The lowest BCUT2D eigenvalue weighted by Gasteiger charge is -2.12. The molecule has 3 aromatic rings. The number of hydrogen-bond acceptors (Lipinski definition) is 5. The van der Waals surface area contributed by atoms with Crippen molar-refractivity contribution in [1.82, 2.24) is 14.9 Å². The summed E-state index contributed by atoms with van der Waals surface area (Å²) in [6.07, 6.45) is 1.56. The van der Waals surface area contributed by atoms with Crippen molar-refractivity contribution in [2.75, 3.05) is 12.3 Å². The number of rotatable bonds is 7. The van der Waals surface area contributed by atoms with E-state index in [2.05, 4.69) is 10.3 Å². The van der Waals surface area contributed by atoms with Crippen molar-refractivity contribution in [1.29, 1.82) is 0 Å². The molecular weight excluding hydrogens is 386 g/mol. The molecule has 0 bridgehead atoms. The highest BCUT2D eigenvalue weighted by Gasteiger charge is 2.15. The third-order valence-corrected chi connectivity index (χ3v) is 5.03. The molecule has 3 rings (SSSR count). The fourth-order valence-corrected chi connectivity index (χ4v) is 3.48. The Kier molecular flexibility index (Phi) is 6.23. The van der Waals surface area contributed by atoms with Gasteiger partial charge in [-0.1, -0.05) is 37.2 Å². The van der Waals surface area contributed by atoms with E-state index in [9.17, 15) is 9.59 Å². The average Bonchev–Trinajstić information content (AvgIpc) is 3.13. The maximum absolute atomic E-state index is 13.0. The lowest BCUT2D eigenvalue weighted by molar-refractivity contribution is -0.118. The van der Waals surface area contributed by atoms with Gasteiger partial charge in [0.2, 0.25) is 5.91 Å². The first-order valence-corrected chi connectivity index (χ1v) is 9.92. The van der Waals surface area contributed by atoms with Gasteiger partial charge in [-0.2, -0.15) is 0 Å². The summed E-state index contributed by atoms with van der Waals surface area (Å²) < 4.78 is 6.90. The second-order valence-electron chi connectivity index (χ2n) is 6.51. The summed E-state index contributed by atoms with van der Waals surface area (Å²) in [6.45, 7) is 4.92. The topological polar surface area (TPSA) is 77.1 Å². The summed E-state index contributed by atoms with van der Waals surface area (Å²) in [6, 6.07) is 8.54. The van der Waals surface area contributed by atoms with Crippen LogP contribution in [0.15, 0.2) is 51.0 Å². The normalized spacial score (nSPS) is 11.3. The molecule has 2 aromatic heterocycles. The van der Waals surface area contributed by atoms with Gasteiger partial charge in [0, 0.05) is 11.6 Å². The van der Waals surface area contributed by atoms with E-state index in [0.717, 1.165) is 0 Å². The summed E-state index contributed by atoms with van der Waals surface area (Å²) in [7, 11) is 0. The van der Waals surface area contributed by atoms with Gasteiger partial charge in [-0.25, -0.2) is 4.98 Å². The number of aromatic nitrogens is 2. The lowest BCUT2D eigenvalue weighted by Crippen LogP contribution is -2.29. The Bertz CT molecular complexity index is 999. The van der Waals surface area contributed by atoms with Crippen LogP contribution in [0.5, 0.6) is 0 Å². The zero-order valence-corrected chi connectivity index (χ0v) is 16.6. The van der Waals surface area contributed by atoms with Crippen molar-refractivity contribution in [2.24, 2.45) is 5.92 Å². The zero-order valence-electron chi connectivity index (χ0n) is 15.1. The number of carbonyl (C=O) groups is 1. The maximum atomic E-state index is 13.0. The van der Waals surface area contributed by atoms with Gasteiger partial charge in [-0.05, 0) is 36.2 Å². The van der Waals surface area contributed by atoms with Gasteiger partial charge in [-0.3, -0.25) is 14.2 Å². The predicted octanol–water partition coefficient (Wildman–Crippen LogP) is 3.56. The summed E-state index contributed by atoms with van der Waals surface area (Å²) in [5.74, 6) is 1.08. The van der Waals surface area contributed by atoms with Gasteiger partial charge in [0.15, 0.2) is 5.16 Å². The van der Waals surface area contributed by atoms with Crippen molar-refractivity contribution >= 4 is 40.2 Å². The molecule has 8 heteroatoms. The minimum atomic E-state index is -0.196. The van der Waals surface area contributed by atoms with Crippen LogP contribution in [0.1, 0.15) is 19.6 Å². The van der Waals surface area contributed by atoms with Crippen LogP contribution in [0, 0.1) is 5.92 Å². The molecule has 0 spiro atoms. The fourth-order valence-electron chi connectivity index (χ4n) is 2.48. The number of benzene rings is 1. The van der Waals surface area contributed by atoms with Gasteiger partial charge >= 0.3 is 0 Å². The van der Waals surface area contributed by atoms with E-state index in [4.69, 9.17) is 16.0 Å². The summed E-state index contributed by atoms with van der Waals surface area (Å²) >= 11 is 7.26. The molecule has 2 heterocycles. The molecule has 1 aromatic carbocycles. The number of furan rings is 1. The van der Waals surface area contributed by atoms with Gasteiger partial charge in [-0.15, -0.1) is 0 Å². The van der Waals surface area contributed by atoms with Crippen LogP contribution in [-0.4, -0.2) is 27.8 Å². The Balaban J connectivity index is 1.93. The minimum Gasteiger partial charge on any atom is -0.467 e. The van der Waals surface area contributed by atoms with E-state index < -0.39 is 0 Å². The Hall–Kier alpha value is -2.25. The molecule has 0 radical (unpaired) electrons. The number of halogens is 1. The van der Waals surface area contributed by atoms with Crippen LogP contribution in [0.3, 0.4) is 0 Å². The molecule has 0 aliphatic rings. The standard InChI is InChI=1S/C19H20ClN3O3S/c1-12(2)9-21-17(24)11-27-19-22-16-8-13(20)5-6-15(16)18(25)23(19)10-14-4-3-7-26-14/h3-8,12H,9-11H2,1-2H3,(H,21,24). The number of nitrogens with zero attached hydrogens (tertiary/aromatic N) is 2. The lowest BCUT2D eigenvalue weighted by atomic mass is 10.2. The molecule has 0 aliphatic carbocycles. The minimum absolute atomic E-state index is 0.0984. The van der Waals surface area contributed by atoms with Crippen LogP contribution >= 0.6 is 23.4 Å². The van der Waals surface area contributed by atoms with E-state index in [1.54, 1.807) is 36.6 Å². The number of carbonyl (C=O) groups excluding carboxylic acids is 1. The fraction of sp³-hybridized carbons (Fsp3) is 0.316. The number of amides is 1. The highest BCUT2D eigenvalue weighted by Crippen LogP contribution is 2.21. The smallest absolute Gasteiger partial charge is 0.262 e. The van der Waals surface area contributed by atoms with Crippen LogP contribution in [0.4, 0.5) is 0 Å². The SMILES string of the molecule is CC(C)CNC(=O)CSc1nc2cc(Cl)ccc2c(=O)n1Cc1ccco1. The van der Waals surface area contributed by atoms with E-state index >= 15 is 0 Å². The third kappa shape index (κ3) is 4.93. The van der Waals surface area contributed by atoms with Crippen molar-refractivity contribution in [3.05, 3.63) is 57.7 Å². The maximum Gasteiger partial charge on any atom is 0.262 e. The summed E-state index contributed by atoms with van der Waals surface area (Å²) in [4.78, 5) is 29.6. The highest BCUT2D eigenvalue weighted by molar-refractivity contribution is 7.99. The van der Waals surface area contributed by atoms with E-state index in [1.807, 2.05) is 13.8 Å². The number of thioether (sulfide) groups is 1. The van der Waals surface area contributed by atoms with Gasteiger partial charge < -0.3 is 9.73 Å². The Labute approximate surface area is 165 Å². The summed E-state index contributed by atoms with van der Waals surface area (Å²) in [5.41, 5.74) is 0.312. The molecule has 6 nitrogen and oxygen atoms in total. The highest BCUT2D eigenvalue weighted by atomic mass is 35.5. The molecule has 0 saturated heterocycles. The molecule has 0 unspecified atom stereocenters. The molecule has 27 heavy (non-hydrogen) atoms. The van der Waals surface area contributed by atoms with Crippen LogP contribution in [0.25, 0.3) is 10.9 Å². The molecule has 0 fully saturated rings. The average molecular weight is 406 g/mol. The molecule has 0 aliphatic heterocycles. The van der Waals surface area contributed by atoms with Gasteiger partial charge in [0.25, 0.3) is 5.56 Å². The Morgan fingerprint density at radius 2 is 2.19 bits per heavy atom. The van der Waals surface area contributed by atoms with Crippen LogP contribution < -0.4 is 10.9 Å². The second kappa shape index (κ2) is 8.63. The first-order valence-electron chi connectivity index (χ1n) is 8.56. The van der Waals surface area contributed by atoms with E-state index in [1.165, 1.54) is 16.3 Å². The van der Waals surface area contributed by atoms with Crippen molar-refractivity contribution in [3.8, 4) is 0 Å². The largest absolute Gasteiger partial charge is 0.467 e. The van der Waals surface area contributed by atoms with Crippen LogP contribution in [0.2, 0.25) is 5.02 Å². The van der Waals surface area contributed by atoms with E-state index in [0.29, 0.717) is 39.3 Å². The number of hydrogen-bond donors (Lipinski definition) is 1. The first kappa shape index (κ1) is 19.5. The molecule has 1 amide bonds. The van der Waals surface area contributed by atoms with Crippen molar-refractivity contribution in [3.63, 3.8) is 0 Å². The number of nitrogens with one attached hydrogen (secondary N) is 1. The van der Waals surface area contributed by atoms with Crippen molar-refractivity contribution in [2.45, 2.75) is 25.5 Å².